The summed E-state index contributed by atoms with van der Waals surface area (Å²) in [6, 6.07) is 19.2. The van der Waals surface area contributed by atoms with Crippen LogP contribution in [-0.4, -0.2) is 40.8 Å². The third-order valence-electron chi connectivity index (χ3n) is 5.39. The average molecular weight is 430 g/mol. The maximum absolute atomic E-state index is 12.3. The van der Waals surface area contributed by atoms with E-state index < -0.39 is 18.0 Å². The van der Waals surface area contributed by atoms with Crippen LogP contribution in [0.15, 0.2) is 72.8 Å². The van der Waals surface area contributed by atoms with Crippen LogP contribution < -0.4 is 0 Å². The minimum Gasteiger partial charge on any atom is -0.466 e. The molecule has 4 aromatic rings. The van der Waals surface area contributed by atoms with Crippen LogP contribution in [-0.2, 0) is 20.8 Å². The van der Waals surface area contributed by atoms with Crippen LogP contribution in [0.4, 0.5) is 0 Å². The Kier molecular flexibility index (Phi) is 5.75. The molecule has 7 nitrogen and oxygen atoms in total. The standard InChI is InChI=1S/C25H22N2O5/c1-15(24(29)31-2)23(28)21-22-18(13-19(26-21)25(30)32-3)17-11-7-8-12-20(17)27(22)14-16-9-5-4-6-10-16/h4-13,23,28H,1,14H2,2-3H3. The van der Waals surface area contributed by atoms with Gasteiger partial charge in [0.25, 0.3) is 0 Å². The first-order valence-electron chi connectivity index (χ1n) is 9.95. The van der Waals surface area contributed by atoms with E-state index in [1.54, 1.807) is 6.07 Å². The minimum absolute atomic E-state index is 0.0225. The number of pyridine rings is 1. The normalized spacial score (nSPS) is 12.0. The van der Waals surface area contributed by atoms with E-state index in [0.717, 1.165) is 16.5 Å². The Bertz CT molecular complexity index is 1340. The SMILES string of the molecule is C=C(C(=O)OC)C(O)c1nc(C(=O)OC)cc2c3ccccc3n(Cc3ccccc3)c12. The van der Waals surface area contributed by atoms with E-state index in [4.69, 9.17) is 9.47 Å². The van der Waals surface area contributed by atoms with Crippen LogP contribution >= 0.6 is 0 Å². The van der Waals surface area contributed by atoms with Gasteiger partial charge in [-0.3, -0.25) is 0 Å². The van der Waals surface area contributed by atoms with Crippen LogP contribution in [0.2, 0.25) is 0 Å². The molecule has 0 radical (unpaired) electrons. The number of ether oxygens (including phenoxy) is 2. The topological polar surface area (TPSA) is 90.7 Å². The first-order chi connectivity index (χ1) is 15.5. The number of fused-ring (bicyclic) bond motifs is 3. The Morgan fingerprint density at radius 2 is 1.72 bits per heavy atom. The summed E-state index contributed by atoms with van der Waals surface area (Å²) in [6.45, 7) is 4.18. The van der Waals surface area contributed by atoms with Crippen LogP contribution in [0.25, 0.3) is 21.8 Å². The fourth-order valence-electron chi connectivity index (χ4n) is 3.84. The van der Waals surface area contributed by atoms with Gasteiger partial charge in [-0.2, -0.15) is 0 Å². The Morgan fingerprint density at radius 3 is 2.41 bits per heavy atom. The number of aliphatic hydroxyl groups excluding tert-OH is 1. The second-order valence-corrected chi connectivity index (χ2v) is 7.29. The Labute approximate surface area is 184 Å². The van der Waals surface area contributed by atoms with Crippen LogP contribution in [0.1, 0.15) is 27.8 Å². The summed E-state index contributed by atoms with van der Waals surface area (Å²) in [5.41, 5.74) is 2.51. The van der Waals surface area contributed by atoms with Gasteiger partial charge in [-0.05, 0) is 17.7 Å². The number of nitrogens with zero attached hydrogens (tertiary/aromatic N) is 2. The maximum Gasteiger partial charge on any atom is 0.356 e. The number of carbonyl (C=O) groups excluding carboxylic acids is 2. The summed E-state index contributed by atoms with van der Waals surface area (Å²) >= 11 is 0. The summed E-state index contributed by atoms with van der Waals surface area (Å²) in [4.78, 5) is 28.8. The number of aromatic nitrogens is 2. The number of methoxy groups -OCH3 is 2. The molecule has 32 heavy (non-hydrogen) atoms. The van der Waals surface area contributed by atoms with Crippen molar-refractivity contribution < 1.29 is 24.2 Å². The average Bonchev–Trinajstić information content (AvgIpc) is 3.15. The molecule has 0 amide bonds. The molecule has 0 fully saturated rings. The van der Waals surface area contributed by atoms with Crippen LogP contribution in [0.5, 0.6) is 0 Å². The lowest BCUT2D eigenvalue weighted by atomic mass is 10.0. The molecule has 0 aliphatic heterocycles. The highest BCUT2D eigenvalue weighted by molar-refractivity contribution is 6.11. The molecule has 2 aromatic heterocycles. The molecule has 0 saturated carbocycles. The van der Waals surface area contributed by atoms with Gasteiger partial charge >= 0.3 is 11.9 Å². The highest BCUT2D eigenvalue weighted by Gasteiger charge is 2.27. The fraction of sp³-hybridized carbons (Fsp3) is 0.160. The molecular weight excluding hydrogens is 408 g/mol. The molecule has 162 valence electrons. The third kappa shape index (κ3) is 3.63. The third-order valence-corrected chi connectivity index (χ3v) is 5.39. The molecule has 4 rings (SSSR count). The molecule has 2 aromatic carbocycles. The summed E-state index contributed by atoms with van der Waals surface area (Å²) < 4.78 is 11.6. The summed E-state index contributed by atoms with van der Waals surface area (Å²) in [7, 11) is 2.47. The van der Waals surface area contributed by atoms with Crippen LogP contribution in [0, 0.1) is 0 Å². The van der Waals surface area contributed by atoms with Gasteiger partial charge in [0.2, 0.25) is 0 Å². The van der Waals surface area contributed by atoms with Gasteiger partial charge in [-0.15, -0.1) is 0 Å². The van der Waals surface area contributed by atoms with Gasteiger partial charge in [0.15, 0.2) is 0 Å². The smallest absolute Gasteiger partial charge is 0.356 e. The molecular formula is C25H22N2O5. The largest absolute Gasteiger partial charge is 0.466 e. The molecule has 0 aliphatic rings. The van der Waals surface area contributed by atoms with E-state index in [1.165, 1.54) is 14.2 Å². The predicted molar refractivity (Wildman–Crippen MR) is 120 cm³/mol. The first kappa shape index (κ1) is 21.3. The molecule has 1 atom stereocenters. The van der Waals surface area contributed by atoms with Gasteiger partial charge in [0.1, 0.15) is 11.8 Å². The van der Waals surface area contributed by atoms with Crippen LogP contribution in [0.3, 0.4) is 0 Å². The summed E-state index contributed by atoms with van der Waals surface area (Å²) in [6.07, 6.45) is -1.48. The van der Waals surface area contributed by atoms with Gasteiger partial charge in [0, 0.05) is 22.8 Å². The van der Waals surface area contributed by atoms with Crippen molar-refractivity contribution in [1.82, 2.24) is 9.55 Å². The lowest BCUT2D eigenvalue weighted by Crippen LogP contribution is -2.16. The van der Waals surface area contributed by atoms with Crippen molar-refractivity contribution in [3.8, 4) is 0 Å². The second kappa shape index (κ2) is 8.64. The lowest BCUT2D eigenvalue weighted by Gasteiger charge is -2.16. The zero-order chi connectivity index (χ0) is 22.8. The van der Waals surface area contributed by atoms with Gasteiger partial charge in [-0.25, -0.2) is 14.6 Å². The number of aliphatic hydroxyl groups is 1. The number of hydrogen-bond acceptors (Lipinski definition) is 6. The number of hydrogen-bond donors (Lipinski definition) is 1. The molecule has 0 saturated heterocycles. The fourth-order valence-corrected chi connectivity index (χ4v) is 3.84. The molecule has 1 unspecified atom stereocenters. The first-order valence-corrected chi connectivity index (χ1v) is 9.95. The van der Waals surface area contributed by atoms with Crippen molar-refractivity contribution in [2.24, 2.45) is 0 Å². The summed E-state index contributed by atoms with van der Waals surface area (Å²) in [5, 5.41) is 12.6. The minimum atomic E-state index is -1.48. The van der Waals surface area contributed by atoms with Crippen molar-refractivity contribution in [3.05, 3.63) is 89.8 Å². The predicted octanol–water partition coefficient (Wildman–Crippen LogP) is 3.79. The van der Waals surface area contributed by atoms with E-state index >= 15 is 0 Å². The summed E-state index contributed by atoms with van der Waals surface area (Å²) in [5.74, 6) is -1.41. The lowest BCUT2D eigenvalue weighted by molar-refractivity contribution is -0.137. The maximum atomic E-state index is 12.3. The molecule has 0 spiro atoms. The molecule has 2 heterocycles. The van der Waals surface area contributed by atoms with E-state index in [-0.39, 0.29) is 17.0 Å². The Morgan fingerprint density at radius 1 is 1.03 bits per heavy atom. The highest BCUT2D eigenvalue weighted by Crippen LogP contribution is 2.36. The highest BCUT2D eigenvalue weighted by atomic mass is 16.5. The molecule has 1 N–H and O–H groups in total. The zero-order valence-electron chi connectivity index (χ0n) is 17.7. The van der Waals surface area contributed by atoms with E-state index in [0.29, 0.717) is 17.4 Å². The van der Waals surface area contributed by atoms with Gasteiger partial charge < -0.3 is 19.1 Å². The van der Waals surface area contributed by atoms with Gasteiger partial charge in [-0.1, -0.05) is 55.1 Å². The Hall–Kier alpha value is -3.97. The van der Waals surface area contributed by atoms with Crippen molar-refractivity contribution in [3.63, 3.8) is 0 Å². The molecule has 0 bridgehead atoms. The van der Waals surface area contributed by atoms with Crippen molar-refractivity contribution >= 4 is 33.7 Å². The number of benzene rings is 2. The molecule has 7 heteroatoms. The Balaban J connectivity index is 2.06. The van der Waals surface area contributed by atoms with E-state index in [1.807, 2.05) is 59.2 Å². The number of carbonyl (C=O) groups is 2. The zero-order valence-corrected chi connectivity index (χ0v) is 17.7. The monoisotopic (exact) mass is 430 g/mol. The number of rotatable bonds is 6. The van der Waals surface area contributed by atoms with Crippen molar-refractivity contribution in [1.29, 1.82) is 0 Å². The van der Waals surface area contributed by atoms with Gasteiger partial charge in [0.05, 0.1) is 31.0 Å². The van der Waals surface area contributed by atoms with E-state index in [9.17, 15) is 14.7 Å². The second-order valence-electron chi connectivity index (χ2n) is 7.29. The van der Waals surface area contributed by atoms with E-state index in [2.05, 4.69) is 11.6 Å². The number of esters is 2. The quantitative estimate of drug-likeness (QED) is 0.370. The van der Waals surface area contributed by atoms with Crippen molar-refractivity contribution in [2.75, 3.05) is 14.2 Å². The molecule has 0 aliphatic carbocycles. The number of para-hydroxylation sites is 1. The van der Waals surface area contributed by atoms with Crippen molar-refractivity contribution in [2.45, 2.75) is 12.6 Å².